The molecule has 1 unspecified atom stereocenters. The maximum Gasteiger partial charge on any atom is 0.202 e. The predicted octanol–water partition coefficient (Wildman–Crippen LogP) is 2.39. The Morgan fingerprint density at radius 3 is 2.37 bits per heavy atom. The molecule has 2 aromatic rings. The molecule has 1 aromatic carbocycles. The molecule has 1 fully saturated rings. The molecule has 38 heavy (non-hydrogen) atoms. The van der Waals surface area contributed by atoms with Crippen LogP contribution in [0.15, 0.2) is 46.0 Å². The topological polar surface area (TPSA) is 152 Å². The number of nitrogens with zero attached hydrogens (tertiary/aromatic N) is 2. The number of aliphatic hydroxyl groups excluding tert-OH is 2. The van der Waals surface area contributed by atoms with E-state index in [2.05, 4.69) is 0 Å². The van der Waals surface area contributed by atoms with E-state index in [4.69, 9.17) is 4.42 Å². The standard InChI is InChI=1S/C28H30N2O8/c1-12(31)19-25(34)22(30(4)5)17-9-14-8-16-18(29(2)3)10-15(13-6-7-38-11-13)23(32)21(16)24(33)20(14)27(36)28(17,37)26(19)35/h6-7,10-11,14,17,22,32-33,35,37H,8-9H2,1-5H3/t14-,17-,22?,28+/m1/s1. The van der Waals surface area contributed by atoms with Crippen LogP contribution in [0.3, 0.4) is 0 Å². The highest BCUT2D eigenvalue weighted by Crippen LogP contribution is 2.55. The van der Waals surface area contributed by atoms with Crippen LogP contribution in [0.1, 0.15) is 24.5 Å². The zero-order valence-electron chi connectivity index (χ0n) is 21.8. The highest BCUT2D eigenvalue weighted by atomic mass is 16.3. The van der Waals surface area contributed by atoms with E-state index < -0.39 is 57.9 Å². The number of ketones is 3. The fourth-order valence-corrected chi connectivity index (χ4v) is 6.43. The zero-order chi connectivity index (χ0) is 27.8. The number of likely N-dealkylation sites (N-methyl/N-ethyl adjacent to an activating group) is 1. The van der Waals surface area contributed by atoms with Crippen molar-refractivity contribution in [2.45, 2.75) is 31.4 Å². The molecule has 3 aliphatic rings. The minimum absolute atomic E-state index is 0.0559. The first kappa shape index (κ1) is 25.7. The summed E-state index contributed by atoms with van der Waals surface area (Å²) >= 11 is 0. The average Bonchev–Trinajstić information content (AvgIpc) is 3.35. The van der Waals surface area contributed by atoms with Crippen molar-refractivity contribution < 1.29 is 39.2 Å². The first-order valence-electron chi connectivity index (χ1n) is 12.3. The van der Waals surface area contributed by atoms with Gasteiger partial charge in [-0.3, -0.25) is 19.3 Å². The Morgan fingerprint density at radius 2 is 1.82 bits per heavy atom. The first-order chi connectivity index (χ1) is 17.8. The Hall–Kier alpha value is -3.89. The first-order valence-corrected chi connectivity index (χ1v) is 12.3. The molecule has 0 radical (unpaired) electrons. The molecule has 1 heterocycles. The van der Waals surface area contributed by atoms with Gasteiger partial charge in [0.05, 0.1) is 24.1 Å². The summed E-state index contributed by atoms with van der Waals surface area (Å²) in [6, 6.07) is 2.38. The van der Waals surface area contributed by atoms with Gasteiger partial charge in [0.1, 0.15) is 22.8 Å². The number of carbonyl (C=O) groups is 3. The molecule has 0 bridgehead atoms. The molecule has 4 atom stereocenters. The lowest BCUT2D eigenvalue weighted by Gasteiger charge is -2.50. The molecule has 0 saturated heterocycles. The maximum atomic E-state index is 14.0. The van der Waals surface area contributed by atoms with Gasteiger partial charge in [0, 0.05) is 42.4 Å². The number of aromatic hydroxyl groups is 1. The van der Waals surface area contributed by atoms with E-state index in [1.807, 2.05) is 19.0 Å². The van der Waals surface area contributed by atoms with Gasteiger partial charge in [-0.15, -0.1) is 0 Å². The second-order valence-corrected chi connectivity index (χ2v) is 10.7. The van der Waals surface area contributed by atoms with Crippen LogP contribution in [0.2, 0.25) is 0 Å². The van der Waals surface area contributed by atoms with Gasteiger partial charge < -0.3 is 29.7 Å². The van der Waals surface area contributed by atoms with Crippen LogP contribution < -0.4 is 4.90 Å². The fraction of sp³-hybridized carbons (Fsp3) is 0.393. The average molecular weight is 523 g/mol. The van der Waals surface area contributed by atoms with Crippen molar-refractivity contribution >= 4 is 28.8 Å². The van der Waals surface area contributed by atoms with Crippen LogP contribution in [-0.4, -0.2) is 82.5 Å². The molecular weight excluding hydrogens is 492 g/mol. The van der Waals surface area contributed by atoms with Crippen molar-refractivity contribution in [1.29, 1.82) is 0 Å². The van der Waals surface area contributed by atoms with E-state index in [-0.39, 0.29) is 29.7 Å². The largest absolute Gasteiger partial charge is 0.508 e. The number of rotatable bonds is 4. The van der Waals surface area contributed by atoms with Crippen LogP contribution in [0.4, 0.5) is 5.69 Å². The zero-order valence-corrected chi connectivity index (χ0v) is 21.8. The summed E-state index contributed by atoms with van der Waals surface area (Å²) < 4.78 is 5.17. The molecular formula is C28H30N2O8. The van der Waals surface area contributed by atoms with Gasteiger partial charge in [-0.1, -0.05) is 0 Å². The Morgan fingerprint density at radius 1 is 1.13 bits per heavy atom. The number of carbonyl (C=O) groups excluding carboxylic acids is 3. The van der Waals surface area contributed by atoms with Gasteiger partial charge in [0.2, 0.25) is 5.78 Å². The summed E-state index contributed by atoms with van der Waals surface area (Å²) in [6.07, 6.45) is 3.20. The number of hydrogen-bond donors (Lipinski definition) is 4. The molecule has 4 N–H and O–H groups in total. The molecule has 0 aliphatic heterocycles. The molecule has 0 amide bonds. The predicted molar refractivity (Wildman–Crippen MR) is 138 cm³/mol. The number of aliphatic hydroxyl groups is 3. The van der Waals surface area contributed by atoms with E-state index in [1.54, 1.807) is 26.2 Å². The van der Waals surface area contributed by atoms with Gasteiger partial charge in [-0.05, 0) is 57.5 Å². The lowest BCUT2D eigenvalue weighted by atomic mass is 9.57. The second kappa shape index (κ2) is 8.57. The summed E-state index contributed by atoms with van der Waals surface area (Å²) in [6.45, 7) is 1.09. The van der Waals surface area contributed by atoms with E-state index >= 15 is 0 Å². The fourth-order valence-electron chi connectivity index (χ4n) is 6.43. The van der Waals surface area contributed by atoms with Gasteiger partial charge in [-0.25, -0.2) is 0 Å². The van der Waals surface area contributed by atoms with E-state index in [0.29, 0.717) is 22.4 Å². The SMILES string of the molecule is CC(=O)C1=C(O)[C@]2(O)C(=O)C3=C(O)c4c(O)c(-c5ccoc5)cc(N(C)C)c4C[C@@H]3C[C@@H]2C(N(C)C)C1=O. The third-order valence-electron chi connectivity index (χ3n) is 8.12. The number of phenolic OH excluding ortho intramolecular Hbond substituents is 1. The number of anilines is 1. The normalized spacial score (nSPS) is 26.9. The Labute approximate surface area is 219 Å². The number of phenols is 1. The molecule has 5 rings (SSSR count). The number of hydrogen-bond acceptors (Lipinski definition) is 10. The van der Waals surface area contributed by atoms with Gasteiger partial charge in [-0.2, -0.15) is 0 Å². The molecule has 3 aliphatic carbocycles. The van der Waals surface area contributed by atoms with Crippen molar-refractivity contribution in [2.24, 2.45) is 11.8 Å². The summed E-state index contributed by atoms with van der Waals surface area (Å²) in [7, 11) is 6.85. The minimum atomic E-state index is -2.59. The monoisotopic (exact) mass is 522 g/mol. The van der Waals surface area contributed by atoms with Crippen molar-refractivity contribution in [2.75, 3.05) is 33.1 Å². The summed E-state index contributed by atoms with van der Waals surface area (Å²) in [5.74, 6) is -5.85. The molecule has 200 valence electrons. The van der Waals surface area contributed by atoms with Crippen molar-refractivity contribution in [3.8, 4) is 16.9 Å². The molecule has 10 heteroatoms. The summed E-state index contributed by atoms with van der Waals surface area (Å²) in [5, 5.41) is 45.6. The van der Waals surface area contributed by atoms with Crippen molar-refractivity contribution in [1.82, 2.24) is 4.90 Å². The number of benzene rings is 1. The third-order valence-corrected chi connectivity index (χ3v) is 8.12. The van der Waals surface area contributed by atoms with Crippen LogP contribution in [0, 0.1) is 11.8 Å². The van der Waals surface area contributed by atoms with Crippen molar-refractivity contribution in [3.05, 3.63) is 52.7 Å². The van der Waals surface area contributed by atoms with Crippen LogP contribution in [0.5, 0.6) is 5.75 Å². The van der Waals surface area contributed by atoms with Crippen molar-refractivity contribution in [3.63, 3.8) is 0 Å². The van der Waals surface area contributed by atoms with Crippen LogP contribution in [0.25, 0.3) is 16.9 Å². The molecule has 0 spiro atoms. The molecule has 1 saturated carbocycles. The van der Waals surface area contributed by atoms with Gasteiger partial charge in [0.15, 0.2) is 17.2 Å². The lowest BCUT2D eigenvalue weighted by molar-refractivity contribution is -0.153. The Balaban J connectivity index is 1.78. The number of Topliss-reactive ketones (excluding diaryl/α,β-unsaturated/α-hetero) is 3. The van der Waals surface area contributed by atoms with E-state index in [0.717, 1.165) is 6.92 Å². The lowest BCUT2D eigenvalue weighted by Crippen LogP contribution is -2.65. The van der Waals surface area contributed by atoms with Gasteiger partial charge >= 0.3 is 0 Å². The quantitative estimate of drug-likeness (QED) is 0.441. The molecule has 1 aromatic heterocycles. The highest BCUT2D eigenvalue weighted by Gasteiger charge is 2.64. The summed E-state index contributed by atoms with van der Waals surface area (Å²) in [5.41, 5.74) is -1.05. The second-order valence-electron chi connectivity index (χ2n) is 10.7. The number of fused-ring (bicyclic) bond motifs is 3. The van der Waals surface area contributed by atoms with Gasteiger partial charge in [0.25, 0.3) is 0 Å². The number of furan rings is 1. The van der Waals surface area contributed by atoms with Crippen LogP contribution >= 0.6 is 0 Å². The maximum absolute atomic E-state index is 14.0. The Kier molecular flexibility index (Phi) is 5.81. The Bertz CT molecular complexity index is 1450. The highest BCUT2D eigenvalue weighted by molar-refractivity contribution is 6.25. The van der Waals surface area contributed by atoms with E-state index in [9.17, 15) is 34.8 Å². The summed E-state index contributed by atoms with van der Waals surface area (Å²) in [4.78, 5) is 43.0. The smallest absolute Gasteiger partial charge is 0.202 e. The third kappa shape index (κ3) is 3.30. The molecule has 10 nitrogen and oxygen atoms in total. The minimum Gasteiger partial charge on any atom is -0.508 e. The van der Waals surface area contributed by atoms with Crippen LogP contribution in [-0.2, 0) is 20.8 Å². The van der Waals surface area contributed by atoms with E-state index in [1.165, 1.54) is 17.4 Å².